The Hall–Kier alpha value is -3.23. The number of rotatable bonds is 3. The number of anilines is 2. The van der Waals surface area contributed by atoms with Crippen LogP contribution in [0.25, 0.3) is 22.4 Å². The Labute approximate surface area is 170 Å². The number of hydrogen-bond donors (Lipinski definition) is 3. The van der Waals surface area contributed by atoms with Crippen LogP contribution in [0.15, 0.2) is 42.9 Å². The summed E-state index contributed by atoms with van der Waals surface area (Å²) in [5.41, 5.74) is 7.17. The first-order valence-electron chi connectivity index (χ1n) is 8.03. The number of H-pyrrole nitrogens is 1. The first-order valence-corrected chi connectivity index (χ1v) is 8.79. The van der Waals surface area contributed by atoms with Crippen molar-refractivity contribution in [2.24, 2.45) is 5.73 Å². The number of nitrogens with one attached hydrogen (secondary N) is 2. The monoisotopic (exact) mass is 415 g/mol. The molecule has 10 heteroatoms. The number of aryl methyl sites for hydroxylation is 1. The Morgan fingerprint density at radius 2 is 1.86 bits per heavy atom. The summed E-state index contributed by atoms with van der Waals surface area (Å²) in [6, 6.07) is 9.02. The molecule has 0 aliphatic heterocycles. The van der Waals surface area contributed by atoms with Gasteiger partial charge in [-0.2, -0.15) is 0 Å². The van der Waals surface area contributed by atoms with Crippen LogP contribution in [0.3, 0.4) is 0 Å². The number of nitrogens with zero attached hydrogens (tertiary/aromatic N) is 4. The third-order valence-corrected chi connectivity index (χ3v) is 4.28. The van der Waals surface area contributed by atoms with Crippen LogP contribution in [0, 0.1) is 6.92 Å². The Morgan fingerprint density at radius 1 is 1.14 bits per heavy atom. The third-order valence-electron chi connectivity index (χ3n) is 3.65. The molecule has 0 saturated heterocycles. The summed E-state index contributed by atoms with van der Waals surface area (Å²) in [4.78, 5) is 29.1. The summed E-state index contributed by atoms with van der Waals surface area (Å²) >= 11 is 12.6. The number of pyridine rings is 1. The lowest BCUT2D eigenvalue weighted by Crippen LogP contribution is -1.98. The van der Waals surface area contributed by atoms with E-state index >= 15 is 0 Å². The molecular weight excluding hydrogens is 401 g/mol. The van der Waals surface area contributed by atoms with Crippen LogP contribution < -0.4 is 11.1 Å². The molecule has 0 aliphatic carbocycles. The first-order chi connectivity index (χ1) is 13.5. The van der Waals surface area contributed by atoms with Crippen LogP contribution in [0.4, 0.5) is 11.6 Å². The lowest BCUT2D eigenvalue weighted by atomic mass is 10.2. The minimum absolute atomic E-state index is 0.250. The minimum Gasteiger partial charge on any atom is -0.372 e. The molecular formula is C18H15Cl2N7O. The molecule has 3 aromatic heterocycles. The largest absolute Gasteiger partial charge is 0.372 e. The topological polar surface area (TPSA) is 122 Å². The third kappa shape index (κ3) is 4.19. The Balaban J connectivity index is 0.000000706. The molecule has 0 spiro atoms. The number of aromatic nitrogens is 5. The van der Waals surface area contributed by atoms with Crippen LogP contribution in [-0.4, -0.2) is 31.3 Å². The van der Waals surface area contributed by atoms with E-state index in [9.17, 15) is 0 Å². The number of amides is 1. The van der Waals surface area contributed by atoms with Crippen LogP contribution in [0.2, 0.25) is 10.0 Å². The summed E-state index contributed by atoms with van der Waals surface area (Å²) in [5, 5.41) is 4.23. The van der Waals surface area contributed by atoms with Crippen LogP contribution >= 0.6 is 23.2 Å². The fourth-order valence-corrected chi connectivity index (χ4v) is 3.09. The molecule has 4 rings (SSSR count). The van der Waals surface area contributed by atoms with Gasteiger partial charge in [-0.05, 0) is 25.1 Å². The number of aromatic amines is 1. The van der Waals surface area contributed by atoms with E-state index in [4.69, 9.17) is 28.0 Å². The van der Waals surface area contributed by atoms with Crippen LogP contribution in [0.5, 0.6) is 0 Å². The molecule has 0 radical (unpaired) electrons. The Morgan fingerprint density at radius 3 is 2.54 bits per heavy atom. The maximum Gasteiger partial charge on any atom is 0.204 e. The van der Waals surface area contributed by atoms with Gasteiger partial charge in [0.2, 0.25) is 6.41 Å². The van der Waals surface area contributed by atoms with E-state index < -0.39 is 0 Å². The summed E-state index contributed by atoms with van der Waals surface area (Å²) in [6.45, 7) is 1.90. The molecule has 0 bridgehead atoms. The van der Waals surface area contributed by atoms with Gasteiger partial charge in [0.25, 0.3) is 0 Å². The van der Waals surface area contributed by atoms with E-state index in [1.54, 1.807) is 24.4 Å². The number of benzene rings is 1. The minimum atomic E-state index is 0.250. The van der Waals surface area contributed by atoms with Crippen LogP contribution in [-0.2, 0) is 4.79 Å². The fraction of sp³-hybridized carbons (Fsp3) is 0.0556. The normalized spacial score (nSPS) is 10.2. The van der Waals surface area contributed by atoms with Gasteiger partial charge in [-0.3, -0.25) is 4.79 Å². The second-order valence-electron chi connectivity index (χ2n) is 5.54. The number of carbonyl (C=O) groups is 1. The van der Waals surface area contributed by atoms with Gasteiger partial charge >= 0.3 is 0 Å². The average Bonchev–Trinajstić information content (AvgIpc) is 3.07. The van der Waals surface area contributed by atoms with Crippen molar-refractivity contribution in [1.82, 2.24) is 24.9 Å². The zero-order chi connectivity index (χ0) is 20.1. The van der Waals surface area contributed by atoms with Crippen molar-refractivity contribution in [2.75, 3.05) is 5.32 Å². The lowest BCUT2D eigenvalue weighted by Gasteiger charge is -2.05. The highest BCUT2D eigenvalue weighted by Crippen LogP contribution is 2.34. The van der Waals surface area contributed by atoms with Gasteiger partial charge in [0.15, 0.2) is 5.82 Å². The molecule has 0 fully saturated rings. The van der Waals surface area contributed by atoms with E-state index in [-0.39, 0.29) is 6.41 Å². The summed E-state index contributed by atoms with van der Waals surface area (Å²) in [7, 11) is 0. The first kappa shape index (κ1) is 19.5. The zero-order valence-electron chi connectivity index (χ0n) is 14.6. The number of hydrogen-bond acceptors (Lipinski definition) is 6. The van der Waals surface area contributed by atoms with Gasteiger partial charge in [0, 0.05) is 18.0 Å². The molecule has 4 N–H and O–H groups in total. The molecule has 8 nitrogen and oxygen atoms in total. The van der Waals surface area contributed by atoms with Crippen molar-refractivity contribution in [1.29, 1.82) is 0 Å². The summed E-state index contributed by atoms with van der Waals surface area (Å²) in [5.74, 6) is 1.81. The fourth-order valence-electron chi connectivity index (χ4n) is 2.51. The number of carbonyl (C=O) groups excluding carboxylic acids is 1. The summed E-state index contributed by atoms with van der Waals surface area (Å²) < 4.78 is 0. The highest BCUT2D eigenvalue weighted by Gasteiger charge is 2.15. The van der Waals surface area contributed by atoms with Gasteiger partial charge in [-0.15, -0.1) is 0 Å². The molecule has 3 heterocycles. The molecule has 1 amide bonds. The van der Waals surface area contributed by atoms with Crippen molar-refractivity contribution < 1.29 is 4.79 Å². The maximum atomic E-state index is 8.58. The smallest absolute Gasteiger partial charge is 0.204 e. The van der Waals surface area contributed by atoms with Crippen molar-refractivity contribution in [2.45, 2.75) is 6.92 Å². The SMILES string of the molecule is Cc1cc(Nc2nccc3[nH]c(-c4c(Cl)cccc4Cl)nc23)ncn1.NC=O. The van der Waals surface area contributed by atoms with Gasteiger partial charge in [0.05, 0.1) is 21.1 Å². The second-order valence-corrected chi connectivity index (χ2v) is 6.36. The summed E-state index contributed by atoms with van der Waals surface area (Å²) in [6.07, 6.45) is 3.44. The average molecular weight is 416 g/mol. The van der Waals surface area contributed by atoms with Crippen molar-refractivity contribution >= 4 is 52.3 Å². The second kappa shape index (κ2) is 8.64. The van der Waals surface area contributed by atoms with Crippen molar-refractivity contribution in [3.63, 3.8) is 0 Å². The van der Waals surface area contributed by atoms with Crippen LogP contribution in [0.1, 0.15) is 5.69 Å². The number of fused-ring (bicyclic) bond motifs is 1. The molecule has 4 aromatic rings. The zero-order valence-corrected chi connectivity index (χ0v) is 16.2. The maximum absolute atomic E-state index is 8.58. The standard InChI is InChI=1S/C17H12Cl2N6.CH3NO/c1-9-7-13(22-8-21-9)24-17-15-12(5-6-20-17)23-16(25-15)14-10(18)3-2-4-11(14)19;2-1-3/h2-8H,1H3,(H,23,25)(H,20,21,22,24);1H,(H2,2,3). The Kier molecular flexibility index (Phi) is 6.03. The van der Waals surface area contributed by atoms with E-state index in [0.717, 1.165) is 11.2 Å². The van der Waals surface area contributed by atoms with Crippen molar-refractivity contribution in [3.8, 4) is 11.4 Å². The van der Waals surface area contributed by atoms with Gasteiger partial charge < -0.3 is 16.0 Å². The highest BCUT2D eigenvalue weighted by atomic mass is 35.5. The lowest BCUT2D eigenvalue weighted by molar-refractivity contribution is -0.106. The van der Waals surface area contributed by atoms with Gasteiger partial charge in [0.1, 0.15) is 23.5 Å². The van der Waals surface area contributed by atoms with Gasteiger partial charge in [-0.25, -0.2) is 19.9 Å². The molecule has 0 atom stereocenters. The molecule has 0 unspecified atom stereocenters. The quantitative estimate of drug-likeness (QED) is 0.436. The van der Waals surface area contributed by atoms with E-state index in [0.29, 0.717) is 38.6 Å². The number of halogens is 2. The van der Waals surface area contributed by atoms with E-state index in [2.05, 4.69) is 36.0 Å². The predicted octanol–water partition coefficient (Wildman–Crippen LogP) is 3.88. The highest BCUT2D eigenvalue weighted by molar-refractivity contribution is 6.39. The number of imidazole rings is 1. The van der Waals surface area contributed by atoms with Gasteiger partial charge in [-0.1, -0.05) is 29.3 Å². The van der Waals surface area contributed by atoms with E-state index in [1.165, 1.54) is 6.33 Å². The molecule has 0 aliphatic rings. The number of primary amides is 1. The Bertz CT molecular complexity index is 1110. The molecule has 28 heavy (non-hydrogen) atoms. The van der Waals surface area contributed by atoms with E-state index in [1.807, 2.05) is 19.1 Å². The molecule has 0 saturated carbocycles. The molecule has 142 valence electrons. The molecule has 1 aromatic carbocycles. The predicted molar refractivity (Wildman–Crippen MR) is 110 cm³/mol. The van der Waals surface area contributed by atoms with Crippen molar-refractivity contribution in [3.05, 3.63) is 58.6 Å². The number of nitrogens with two attached hydrogens (primary N) is 1.